The van der Waals surface area contributed by atoms with E-state index in [1.54, 1.807) is 6.07 Å². The predicted molar refractivity (Wildman–Crippen MR) is 77.7 cm³/mol. The van der Waals surface area contributed by atoms with Gasteiger partial charge in [-0.1, -0.05) is 12.1 Å². The molecule has 20 heavy (non-hydrogen) atoms. The SMILES string of the molecule is CNCc1ccc(F)c(CN2CCCS(=O)(=O)CC2)c1. The monoisotopic (exact) mass is 300 g/mol. The molecular formula is C14H21FN2O2S. The van der Waals surface area contributed by atoms with Crippen LogP contribution in [-0.4, -0.2) is 45.0 Å². The summed E-state index contributed by atoms with van der Waals surface area (Å²) in [5.41, 5.74) is 1.67. The van der Waals surface area contributed by atoms with E-state index in [4.69, 9.17) is 0 Å². The van der Waals surface area contributed by atoms with Crippen LogP contribution < -0.4 is 5.32 Å². The Labute approximate surface area is 119 Å². The van der Waals surface area contributed by atoms with Crippen molar-refractivity contribution in [3.05, 3.63) is 35.1 Å². The fraction of sp³-hybridized carbons (Fsp3) is 0.571. The summed E-state index contributed by atoms with van der Waals surface area (Å²) in [4.78, 5) is 2.02. The minimum absolute atomic E-state index is 0.171. The molecule has 0 bridgehead atoms. The Kier molecular flexibility index (Phi) is 5.12. The van der Waals surface area contributed by atoms with Crippen LogP contribution in [0.2, 0.25) is 0 Å². The summed E-state index contributed by atoms with van der Waals surface area (Å²) in [6.45, 7) is 2.35. The van der Waals surface area contributed by atoms with Gasteiger partial charge in [-0.25, -0.2) is 12.8 Å². The van der Waals surface area contributed by atoms with Gasteiger partial charge in [0.1, 0.15) is 5.82 Å². The number of sulfone groups is 1. The van der Waals surface area contributed by atoms with Crippen LogP contribution in [0.3, 0.4) is 0 Å². The Morgan fingerprint density at radius 2 is 2.10 bits per heavy atom. The van der Waals surface area contributed by atoms with Crippen LogP contribution in [0.15, 0.2) is 18.2 Å². The molecule has 0 saturated carbocycles. The van der Waals surface area contributed by atoms with Crippen molar-refractivity contribution in [1.82, 2.24) is 10.2 Å². The number of hydrogen-bond acceptors (Lipinski definition) is 4. The highest BCUT2D eigenvalue weighted by Crippen LogP contribution is 2.15. The van der Waals surface area contributed by atoms with Crippen molar-refractivity contribution in [3.63, 3.8) is 0 Å². The minimum Gasteiger partial charge on any atom is -0.316 e. The highest BCUT2D eigenvalue weighted by Gasteiger charge is 2.19. The molecule has 2 rings (SSSR count). The maximum absolute atomic E-state index is 13.9. The van der Waals surface area contributed by atoms with E-state index in [2.05, 4.69) is 5.32 Å². The maximum atomic E-state index is 13.9. The molecule has 1 heterocycles. The summed E-state index contributed by atoms with van der Waals surface area (Å²) in [5.74, 6) is 0.188. The first kappa shape index (κ1) is 15.4. The zero-order valence-corrected chi connectivity index (χ0v) is 12.5. The van der Waals surface area contributed by atoms with E-state index in [-0.39, 0.29) is 17.3 Å². The molecule has 1 aliphatic heterocycles. The summed E-state index contributed by atoms with van der Waals surface area (Å²) < 4.78 is 37.0. The van der Waals surface area contributed by atoms with Crippen molar-refractivity contribution < 1.29 is 12.8 Å². The average Bonchev–Trinajstić information content (AvgIpc) is 2.55. The predicted octanol–water partition coefficient (Wildman–Crippen LogP) is 1.17. The van der Waals surface area contributed by atoms with Gasteiger partial charge in [0.25, 0.3) is 0 Å². The van der Waals surface area contributed by atoms with E-state index < -0.39 is 9.84 Å². The Morgan fingerprint density at radius 3 is 2.85 bits per heavy atom. The molecule has 0 spiro atoms. The van der Waals surface area contributed by atoms with Crippen LogP contribution in [0.5, 0.6) is 0 Å². The van der Waals surface area contributed by atoms with Crippen LogP contribution in [0.4, 0.5) is 4.39 Å². The normalized spacial score (nSPS) is 19.7. The summed E-state index contributed by atoms with van der Waals surface area (Å²) >= 11 is 0. The van der Waals surface area contributed by atoms with E-state index in [0.717, 1.165) is 5.56 Å². The highest BCUT2D eigenvalue weighted by atomic mass is 32.2. The topological polar surface area (TPSA) is 49.4 Å². The first-order chi connectivity index (χ1) is 9.50. The van der Waals surface area contributed by atoms with E-state index in [9.17, 15) is 12.8 Å². The summed E-state index contributed by atoms with van der Waals surface area (Å²) in [6.07, 6.45) is 0.625. The van der Waals surface area contributed by atoms with Gasteiger partial charge in [-0.3, -0.25) is 4.90 Å². The average molecular weight is 300 g/mol. The van der Waals surface area contributed by atoms with Gasteiger partial charge in [-0.15, -0.1) is 0 Å². The second kappa shape index (κ2) is 6.65. The van der Waals surface area contributed by atoms with E-state index in [1.165, 1.54) is 6.07 Å². The van der Waals surface area contributed by atoms with Crippen LogP contribution in [-0.2, 0) is 22.9 Å². The highest BCUT2D eigenvalue weighted by molar-refractivity contribution is 7.91. The van der Waals surface area contributed by atoms with Crippen molar-refractivity contribution in [2.24, 2.45) is 0 Å². The Bertz CT molecular complexity index is 560. The van der Waals surface area contributed by atoms with Gasteiger partial charge in [-0.05, 0) is 31.6 Å². The summed E-state index contributed by atoms with van der Waals surface area (Å²) in [5, 5.41) is 3.04. The Morgan fingerprint density at radius 1 is 1.30 bits per heavy atom. The lowest BCUT2D eigenvalue weighted by molar-refractivity contribution is 0.283. The lowest BCUT2D eigenvalue weighted by atomic mass is 10.1. The summed E-state index contributed by atoms with van der Waals surface area (Å²) in [7, 11) is -1.07. The van der Waals surface area contributed by atoms with Gasteiger partial charge in [0.2, 0.25) is 0 Å². The molecule has 0 aliphatic carbocycles. The lowest BCUT2D eigenvalue weighted by Crippen LogP contribution is -2.27. The number of hydrogen-bond donors (Lipinski definition) is 1. The Hall–Kier alpha value is -0.980. The quantitative estimate of drug-likeness (QED) is 0.907. The van der Waals surface area contributed by atoms with Crippen LogP contribution in [0, 0.1) is 5.82 Å². The third-order valence-electron chi connectivity index (χ3n) is 3.53. The van der Waals surface area contributed by atoms with Gasteiger partial charge < -0.3 is 5.32 Å². The molecule has 0 radical (unpaired) electrons. The number of benzene rings is 1. The molecule has 1 N–H and O–H groups in total. The van der Waals surface area contributed by atoms with Gasteiger partial charge in [0, 0.05) is 25.2 Å². The molecule has 0 amide bonds. The van der Waals surface area contributed by atoms with Crippen molar-refractivity contribution in [3.8, 4) is 0 Å². The number of rotatable bonds is 4. The molecular weight excluding hydrogens is 279 g/mol. The Balaban J connectivity index is 2.07. The second-order valence-electron chi connectivity index (χ2n) is 5.24. The smallest absolute Gasteiger partial charge is 0.151 e. The van der Waals surface area contributed by atoms with Crippen molar-refractivity contribution in [2.45, 2.75) is 19.5 Å². The zero-order valence-electron chi connectivity index (χ0n) is 11.7. The van der Waals surface area contributed by atoms with Crippen LogP contribution in [0.25, 0.3) is 0 Å². The van der Waals surface area contributed by atoms with E-state index in [0.29, 0.717) is 38.2 Å². The third kappa shape index (κ3) is 4.26. The van der Waals surface area contributed by atoms with Gasteiger partial charge in [0.15, 0.2) is 9.84 Å². The van der Waals surface area contributed by atoms with Crippen LogP contribution in [0.1, 0.15) is 17.5 Å². The maximum Gasteiger partial charge on any atom is 0.151 e. The lowest BCUT2D eigenvalue weighted by Gasteiger charge is -2.20. The van der Waals surface area contributed by atoms with Gasteiger partial charge in [-0.2, -0.15) is 0 Å². The van der Waals surface area contributed by atoms with Crippen molar-refractivity contribution in [2.75, 3.05) is 31.6 Å². The van der Waals surface area contributed by atoms with Crippen LogP contribution >= 0.6 is 0 Å². The van der Waals surface area contributed by atoms with Crippen molar-refractivity contribution in [1.29, 1.82) is 0 Å². The summed E-state index contributed by atoms with van der Waals surface area (Å²) in [6, 6.07) is 5.10. The molecule has 1 saturated heterocycles. The molecule has 4 nitrogen and oxygen atoms in total. The molecule has 1 fully saturated rings. The number of halogens is 1. The zero-order chi connectivity index (χ0) is 14.6. The number of nitrogens with one attached hydrogen (secondary N) is 1. The molecule has 6 heteroatoms. The fourth-order valence-corrected chi connectivity index (χ4v) is 3.76. The van der Waals surface area contributed by atoms with Crippen molar-refractivity contribution >= 4 is 9.84 Å². The molecule has 0 aromatic heterocycles. The number of nitrogens with zero attached hydrogens (tertiary/aromatic N) is 1. The third-order valence-corrected chi connectivity index (χ3v) is 5.25. The molecule has 0 unspecified atom stereocenters. The molecule has 1 aromatic rings. The molecule has 0 atom stereocenters. The molecule has 112 valence electrons. The molecule has 1 aromatic carbocycles. The fourth-order valence-electron chi connectivity index (χ4n) is 2.45. The standard InChI is InChI=1S/C14H21FN2O2S/c1-16-10-12-3-4-14(15)13(9-12)11-17-5-2-7-20(18,19)8-6-17/h3-4,9,16H,2,5-8,10-11H2,1H3. The van der Waals surface area contributed by atoms with E-state index in [1.807, 2.05) is 18.0 Å². The van der Waals surface area contributed by atoms with Gasteiger partial charge in [0.05, 0.1) is 11.5 Å². The first-order valence-corrected chi connectivity index (χ1v) is 8.67. The molecule has 1 aliphatic rings. The first-order valence-electron chi connectivity index (χ1n) is 6.85. The minimum atomic E-state index is -2.92. The van der Waals surface area contributed by atoms with Gasteiger partial charge >= 0.3 is 0 Å². The second-order valence-corrected chi connectivity index (χ2v) is 7.54. The largest absolute Gasteiger partial charge is 0.316 e. The van der Waals surface area contributed by atoms with E-state index >= 15 is 0 Å².